The number of hydrogen-bond donors (Lipinski definition) is 1. The molecule has 0 bridgehead atoms. The Kier molecular flexibility index (Phi) is 3.58. The molecule has 0 radical (unpaired) electrons. The van der Waals surface area contributed by atoms with Crippen LogP contribution in [0.2, 0.25) is 0 Å². The molecule has 4 nitrogen and oxygen atoms in total. The first-order valence-corrected chi connectivity index (χ1v) is 7.85. The second-order valence-electron chi connectivity index (χ2n) is 4.41. The molecule has 0 amide bonds. The molecule has 0 spiro atoms. The van der Waals surface area contributed by atoms with Crippen molar-refractivity contribution in [3.05, 3.63) is 27.6 Å². The first-order valence-electron chi connectivity index (χ1n) is 6.19. The second kappa shape index (κ2) is 5.34. The van der Waals surface area contributed by atoms with Crippen LogP contribution in [0.3, 0.4) is 0 Å². The van der Waals surface area contributed by atoms with Gasteiger partial charge >= 0.3 is 0 Å². The van der Waals surface area contributed by atoms with Gasteiger partial charge in [0.1, 0.15) is 10.7 Å². The standard InChI is InChI=1S/C12H16N4S2/c1-2-13-12-10(14-15-18-12)8-16-5-3-11-9(7-16)4-6-17-11/h4,6,13H,2-3,5,7-8H2,1H3. The minimum atomic E-state index is 0.897. The molecule has 2 aromatic heterocycles. The molecule has 96 valence electrons. The van der Waals surface area contributed by atoms with Gasteiger partial charge in [-0.25, -0.2) is 0 Å². The number of nitrogens with zero attached hydrogens (tertiary/aromatic N) is 3. The van der Waals surface area contributed by atoms with E-state index in [4.69, 9.17) is 0 Å². The van der Waals surface area contributed by atoms with E-state index in [0.717, 1.165) is 36.9 Å². The van der Waals surface area contributed by atoms with Crippen LogP contribution >= 0.6 is 22.9 Å². The molecule has 1 aliphatic heterocycles. The number of fused-ring (bicyclic) bond motifs is 1. The molecule has 3 heterocycles. The van der Waals surface area contributed by atoms with E-state index < -0.39 is 0 Å². The zero-order valence-corrected chi connectivity index (χ0v) is 12.0. The van der Waals surface area contributed by atoms with E-state index in [1.807, 2.05) is 11.3 Å². The van der Waals surface area contributed by atoms with Gasteiger partial charge in [-0.3, -0.25) is 4.90 Å². The van der Waals surface area contributed by atoms with Crippen LogP contribution in [-0.2, 0) is 19.5 Å². The molecule has 1 aliphatic rings. The Morgan fingerprint density at radius 1 is 1.50 bits per heavy atom. The summed E-state index contributed by atoms with van der Waals surface area (Å²) < 4.78 is 4.05. The van der Waals surface area contributed by atoms with E-state index in [0.29, 0.717) is 0 Å². The fourth-order valence-corrected chi connectivity index (χ4v) is 3.79. The molecular formula is C12H16N4S2. The normalized spacial score (nSPS) is 15.6. The van der Waals surface area contributed by atoms with Crippen molar-refractivity contribution in [2.45, 2.75) is 26.4 Å². The van der Waals surface area contributed by atoms with Crippen LogP contribution in [0.25, 0.3) is 0 Å². The molecule has 1 N–H and O–H groups in total. The van der Waals surface area contributed by atoms with Crippen LogP contribution in [-0.4, -0.2) is 27.6 Å². The van der Waals surface area contributed by atoms with Crippen molar-refractivity contribution >= 4 is 27.9 Å². The number of rotatable bonds is 4. The maximum Gasteiger partial charge on any atom is 0.134 e. The lowest BCUT2D eigenvalue weighted by atomic mass is 10.1. The molecule has 0 fully saturated rings. The minimum absolute atomic E-state index is 0.897. The molecule has 0 saturated heterocycles. The van der Waals surface area contributed by atoms with Gasteiger partial charge in [0.2, 0.25) is 0 Å². The third-order valence-corrected chi connectivity index (χ3v) is 4.90. The predicted octanol–water partition coefficient (Wildman–Crippen LogP) is 2.59. The van der Waals surface area contributed by atoms with Crippen LogP contribution in [0.1, 0.15) is 23.1 Å². The summed E-state index contributed by atoms with van der Waals surface area (Å²) in [5.41, 5.74) is 2.57. The van der Waals surface area contributed by atoms with E-state index in [9.17, 15) is 0 Å². The van der Waals surface area contributed by atoms with Gasteiger partial charge in [-0.2, -0.15) is 0 Å². The highest BCUT2D eigenvalue weighted by molar-refractivity contribution is 7.10. The van der Waals surface area contributed by atoms with E-state index in [-0.39, 0.29) is 0 Å². The van der Waals surface area contributed by atoms with Crippen LogP contribution in [0, 0.1) is 0 Å². The highest BCUT2D eigenvalue weighted by Crippen LogP contribution is 2.26. The minimum Gasteiger partial charge on any atom is -0.374 e. The number of hydrogen-bond acceptors (Lipinski definition) is 6. The first kappa shape index (κ1) is 12.1. The lowest BCUT2D eigenvalue weighted by molar-refractivity contribution is 0.245. The summed E-state index contributed by atoms with van der Waals surface area (Å²) in [4.78, 5) is 4.00. The van der Waals surface area contributed by atoms with Gasteiger partial charge in [-0.1, -0.05) is 4.49 Å². The number of aromatic nitrogens is 2. The predicted molar refractivity (Wildman–Crippen MR) is 76.2 cm³/mol. The quantitative estimate of drug-likeness (QED) is 0.934. The maximum atomic E-state index is 4.24. The Bertz CT molecular complexity index is 520. The molecule has 3 rings (SSSR count). The Morgan fingerprint density at radius 3 is 3.33 bits per heavy atom. The van der Waals surface area contributed by atoms with Gasteiger partial charge in [0, 0.05) is 42.6 Å². The highest BCUT2D eigenvalue weighted by atomic mass is 32.1. The van der Waals surface area contributed by atoms with Crippen molar-refractivity contribution in [1.29, 1.82) is 0 Å². The first-order chi connectivity index (χ1) is 8.86. The third-order valence-electron chi connectivity index (χ3n) is 3.15. The maximum absolute atomic E-state index is 4.24. The molecule has 2 aromatic rings. The summed E-state index contributed by atoms with van der Waals surface area (Å²) in [5.74, 6) is 0. The van der Waals surface area contributed by atoms with E-state index >= 15 is 0 Å². The molecule has 0 atom stereocenters. The van der Waals surface area contributed by atoms with Crippen molar-refractivity contribution in [2.75, 3.05) is 18.4 Å². The molecule has 6 heteroatoms. The molecular weight excluding hydrogens is 264 g/mol. The summed E-state index contributed by atoms with van der Waals surface area (Å²) in [6.45, 7) is 6.08. The number of thiophene rings is 1. The fraction of sp³-hybridized carbons (Fsp3) is 0.500. The van der Waals surface area contributed by atoms with Gasteiger partial charge in [0.05, 0.1) is 0 Å². The highest BCUT2D eigenvalue weighted by Gasteiger charge is 2.19. The number of nitrogens with one attached hydrogen (secondary N) is 1. The zero-order chi connectivity index (χ0) is 12.4. The van der Waals surface area contributed by atoms with Crippen LogP contribution < -0.4 is 5.32 Å². The Balaban J connectivity index is 1.69. The van der Waals surface area contributed by atoms with Gasteiger partial charge in [0.15, 0.2) is 0 Å². The van der Waals surface area contributed by atoms with Crippen molar-refractivity contribution < 1.29 is 0 Å². The van der Waals surface area contributed by atoms with E-state index in [1.165, 1.54) is 23.5 Å². The van der Waals surface area contributed by atoms with Crippen LogP contribution in [0.15, 0.2) is 11.4 Å². The lowest BCUT2D eigenvalue weighted by Crippen LogP contribution is -2.29. The van der Waals surface area contributed by atoms with Gasteiger partial charge in [-0.15, -0.1) is 16.4 Å². The van der Waals surface area contributed by atoms with Gasteiger partial charge in [-0.05, 0) is 30.4 Å². The molecule has 0 saturated carbocycles. The SMILES string of the molecule is CCNc1snnc1CN1CCc2sccc2C1. The summed E-state index contributed by atoms with van der Waals surface area (Å²) >= 11 is 3.33. The van der Waals surface area contributed by atoms with E-state index in [2.05, 4.69) is 38.2 Å². The topological polar surface area (TPSA) is 41.1 Å². The lowest BCUT2D eigenvalue weighted by Gasteiger charge is -2.26. The van der Waals surface area contributed by atoms with Crippen molar-refractivity contribution in [2.24, 2.45) is 0 Å². The molecule has 0 unspecified atom stereocenters. The smallest absolute Gasteiger partial charge is 0.134 e. The monoisotopic (exact) mass is 280 g/mol. The molecule has 0 aliphatic carbocycles. The fourth-order valence-electron chi connectivity index (χ4n) is 2.26. The van der Waals surface area contributed by atoms with Gasteiger partial charge < -0.3 is 5.32 Å². The summed E-state index contributed by atoms with van der Waals surface area (Å²) in [6, 6.07) is 2.25. The largest absolute Gasteiger partial charge is 0.374 e. The summed E-state index contributed by atoms with van der Waals surface area (Å²) in [5, 5.41) is 10.9. The van der Waals surface area contributed by atoms with Gasteiger partial charge in [0.25, 0.3) is 0 Å². The summed E-state index contributed by atoms with van der Waals surface area (Å²) in [7, 11) is 0. The Labute approximate surface area is 115 Å². The molecule has 0 aromatic carbocycles. The number of anilines is 1. The van der Waals surface area contributed by atoms with Crippen molar-refractivity contribution in [1.82, 2.24) is 14.5 Å². The van der Waals surface area contributed by atoms with Crippen LogP contribution in [0.5, 0.6) is 0 Å². The van der Waals surface area contributed by atoms with Crippen LogP contribution in [0.4, 0.5) is 5.00 Å². The Hall–Kier alpha value is -0.980. The summed E-state index contributed by atoms with van der Waals surface area (Å²) in [6.07, 6.45) is 1.17. The average Bonchev–Trinajstić information content (AvgIpc) is 2.99. The van der Waals surface area contributed by atoms with E-state index in [1.54, 1.807) is 4.88 Å². The van der Waals surface area contributed by atoms with Crippen molar-refractivity contribution in [3.63, 3.8) is 0 Å². The average molecular weight is 280 g/mol. The van der Waals surface area contributed by atoms with Crippen molar-refractivity contribution in [3.8, 4) is 0 Å². The Morgan fingerprint density at radius 2 is 2.44 bits per heavy atom. The zero-order valence-electron chi connectivity index (χ0n) is 10.3. The second-order valence-corrected chi connectivity index (χ2v) is 6.16. The molecule has 18 heavy (non-hydrogen) atoms. The third kappa shape index (κ3) is 2.41.